The van der Waals surface area contributed by atoms with Crippen LogP contribution in [0.1, 0.15) is 21.7 Å². The minimum absolute atomic E-state index is 0.0406. The first-order valence-electron chi connectivity index (χ1n) is 5.24. The molecule has 0 saturated carbocycles. The van der Waals surface area contributed by atoms with Crippen LogP contribution in [0.15, 0.2) is 47.1 Å². The zero-order valence-corrected chi connectivity index (χ0v) is 8.72. The number of carbonyl (C=O) groups is 1. The summed E-state index contributed by atoms with van der Waals surface area (Å²) in [7, 11) is 0. The molecule has 0 aliphatic carbocycles. The van der Waals surface area contributed by atoms with Crippen molar-refractivity contribution >= 4 is 5.91 Å². The quantitative estimate of drug-likeness (QED) is 0.729. The van der Waals surface area contributed by atoms with Gasteiger partial charge in [-0.2, -0.15) is 0 Å². The average molecular weight is 213 g/mol. The zero-order valence-electron chi connectivity index (χ0n) is 8.72. The van der Waals surface area contributed by atoms with Crippen LogP contribution < -0.4 is 0 Å². The molecule has 3 nitrogen and oxygen atoms in total. The van der Waals surface area contributed by atoms with Crippen LogP contribution in [-0.4, -0.2) is 10.8 Å². The number of hydrogen-bond acceptors (Lipinski definition) is 2. The van der Waals surface area contributed by atoms with E-state index in [4.69, 9.17) is 4.42 Å². The maximum absolute atomic E-state index is 12.0. The third-order valence-electron chi connectivity index (χ3n) is 2.86. The number of hydrogen-bond donors (Lipinski definition) is 0. The highest BCUT2D eigenvalue weighted by Gasteiger charge is 2.25. The molecule has 2 aromatic rings. The van der Waals surface area contributed by atoms with Crippen molar-refractivity contribution in [2.45, 2.75) is 13.1 Å². The topological polar surface area (TPSA) is 33.5 Å². The summed E-state index contributed by atoms with van der Waals surface area (Å²) in [6.07, 6.45) is 1.52. The van der Waals surface area contributed by atoms with Gasteiger partial charge in [-0.15, -0.1) is 0 Å². The number of nitrogens with zero attached hydrogens (tertiary/aromatic N) is 1. The predicted octanol–water partition coefficient (Wildman–Crippen LogP) is 2.44. The number of benzene rings is 1. The van der Waals surface area contributed by atoms with E-state index in [0.29, 0.717) is 18.8 Å². The Labute approximate surface area is 93.3 Å². The lowest BCUT2D eigenvalue weighted by atomic mass is 10.1. The van der Waals surface area contributed by atoms with Crippen molar-refractivity contribution in [3.8, 4) is 0 Å². The number of fused-ring (bicyclic) bond motifs is 1. The summed E-state index contributed by atoms with van der Waals surface area (Å²) in [5.41, 5.74) is 2.45. The van der Waals surface area contributed by atoms with Gasteiger partial charge in [0, 0.05) is 13.1 Å². The molecular weight excluding hydrogens is 202 g/mol. The van der Waals surface area contributed by atoms with E-state index in [2.05, 4.69) is 12.1 Å². The monoisotopic (exact) mass is 213 g/mol. The molecule has 0 unspecified atom stereocenters. The third kappa shape index (κ3) is 1.41. The first kappa shape index (κ1) is 9.21. The lowest BCUT2D eigenvalue weighted by molar-refractivity contribution is 0.0719. The van der Waals surface area contributed by atoms with E-state index in [0.717, 1.165) is 0 Å². The molecule has 80 valence electrons. The van der Waals surface area contributed by atoms with Gasteiger partial charge >= 0.3 is 0 Å². The van der Waals surface area contributed by atoms with Gasteiger partial charge in [-0.05, 0) is 23.3 Å². The van der Waals surface area contributed by atoms with Crippen LogP contribution in [0.2, 0.25) is 0 Å². The van der Waals surface area contributed by atoms with E-state index in [9.17, 15) is 4.79 Å². The fraction of sp³-hybridized carbons (Fsp3) is 0.154. The smallest absolute Gasteiger partial charge is 0.290 e. The summed E-state index contributed by atoms with van der Waals surface area (Å²) >= 11 is 0. The lowest BCUT2D eigenvalue weighted by Gasteiger charge is -2.12. The van der Waals surface area contributed by atoms with Crippen molar-refractivity contribution in [3.63, 3.8) is 0 Å². The number of rotatable bonds is 1. The Bertz CT molecular complexity index is 491. The van der Waals surface area contributed by atoms with Gasteiger partial charge in [0.15, 0.2) is 5.76 Å². The van der Waals surface area contributed by atoms with Crippen LogP contribution in [0.3, 0.4) is 0 Å². The molecule has 1 aromatic heterocycles. The second kappa shape index (κ2) is 3.52. The fourth-order valence-corrected chi connectivity index (χ4v) is 2.03. The molecule has 2 heterocycles. The van der Waals surface area contributed by atoms with Gasteiger partial charge in [0.05, 0.1) is 6.26 Å². The Morgan fingerprint density at radius 1 is 1.06 bits per heavy atom. The summed E-state index contributed by atoms with van der Waals surface area (Å²) in [6, 6.07) is 11.6. The van der Waals surface area contributed by atoms with Crippen LogP contribution in [0.4, 0.5) is 0 Å². The largest absolute Gasteiger partial charge is 0.459 e. The van der Waals surface area contributed by atoms with E-state index in [1.54, 1.807) is 17.0 Å². The summed E-state index contributed by atoms with van der Waals surface area (Å²) in [5.74, 6) is 0.369. The molecule has 16 heavy (non-hydrogen) atoms. The van der Waals surface area contributed by atoms with Gasteiger partial charge in [0.2, 0.25) is 0 Å². The average Bonchev–Trinajstić information content (AvgIpc) is 2.97. The van der Waals surface area contributed by atoms with Gasteiger partial charge in [0.25, 0.3) is 5.91 Å². The zero-order chi connectivity index (χ0) is 11.0. The summed E-state index contributed by atoms with van der Waals surface area (Å²) in [4.78, 5) is 13.8. The highest BCUT2D eigenvalue weighted by atomic mass is 16.3. The predicted molar refractivity (Wildman–Crippen MR) is 58.7 cm³/mol. The van der Waals surface area contributed by atoms with Crippen LogP contribution in [0, 0.1) is 0 Å². The normalized spacial score (nSPS) is 13.9. The molecule has 0 spiro atoms. The number of carbonyl (C=O) groups excluding carboxylic acids is 1. The second-order valence-corrected chi connectivity index (χ2v) is 3.91. The fourth-order valence-electron chi connectivity index (χ4n) is 2.03. The molecule has 0 atom stereocenters. The molecule has 1 aromatic carbocycles. The molecule has 0 N–H and O–H groups in total. The molecule has 0 bridgehead atoms. The standard InChI is InChI=1S/C13H11NO2/c15-13(12-6-3-7-16-12)14-8-10-4-1-2-5-11(10)9-14/h1-7H,8-9H2. The van der Waals surface area contributed by atoms with Gasteiger partial charge in [-0.1, -0.05) is 24.3 Å². The van der Waals surface area contributed by atoms with Crippen molar-refractivity contribution in [3.05, 3.63) is 59.5 Å². The Hall–Kier alpha value is -2.03. The van der Waals surface area contributed by atoms with Crippen molar-refractivity contribution in [2.24, 2.45) is 0 Å². The SMILES string of the molecule is O=C(c1ccco1)N1Cc2ccccc2C1. The Kier molecular flexibility index (Phi) is 2.03. The first-order chi connectivity index (χ1) is 7.84. The van der Waals surface area contributed by atoms with Gasteiger partial charge in [-0.3, -0.25) is 4.79 Å². The maximum Gasteiger partial charge on any atom is 0.290 e. The third-order valence-corrected chi connectivity index (χ3v) is 2.86. The molecular formula is C13H11NO2. The summed E-state index contributed by atoms with van der Waals surface area (Å²) in [5, 5.41) is 0. The number of amides is 1. The lowest BCUT2D eigenvalue weighted by Crippen LogP contribution is -2.24. The molecule has 0 saturated heterocycles. The van der Waals surface area contributed by atoms with Crippen LogP contribution in [0.25, 0.3) is 0 Å². The highest BCUT2D eigenvalue weighted by molar-refractivity contribution is 5.91. The summed E-state index contributed by atoms with van der Waals surface area (Å²) < 4.78 is 5.12. The minimum Gasteiger partial charge on any atom is -0.459 e. The van der Waals surface area contributed by atoms with Crippen molar-refractivity contribution < 1.29 is 9.21 Å². The molecule has 1 aliphatic rings. The van der Waals surface area contributed by atoms with E-state index < -0.39 is 0 Å². The molecule has 1 aliphatic heterocycles. The molecule has 3 rings (SSSR count). The van der Waals surface area contributed by atoms with Crippen molar-refractivity contribution in [1.82, 2.24) is 4.90 Å². The van der Waals surface area contributed by atoms with Crippen molar-refractivity contribution in [1.29, 1.82) is 0 Å². The maximum atomic E-state index is 12.0. The van der Waals surface area contributed by atoms with E-state index in [-0.39, 0.29) is 5.91 Å². The van der Waals surface area contributed by atoms with Gasteiger partial charge in [0.1, 0.15) is 0 Å². The number of furan rings is 1. The Balaban J connectivity index is 1.84. The second-order valence-electron chi connectivity index (χ2n) is 3.91. The van der Waals surface area contributed by atoms with E-state index in [1.165, 1.54) is 17.4 Å². The van der Waals surface area contributed by atoms with Gasteiger partial charge in [-0.25, -0.2) is 0 Å². The summed E-state index contributed by atoms with van der Waals surface area (Å²) in [6.45, 7) is 1.35. The Morgan fingerprint density at radius 3 is 2.31 bits per heavy atom. The van der Waals surface area contributed by atoms with E-state index >= 15 is 0 Å². The molecule has 3 heteroatoms. The Morgan fingerprint density at radius 2 is 1.75 bits per heavy atom. The van der Waals surface area contributed by atoms with Crippen LogP contribution in [-0.2, 0) is 13.1 Å². The molecule has 0 radical (unpaired) electrons. The molecule has 1 amide bonds. The van der Waals surface area contributed by atoms with E-state index in [1.807, 2.05) is 12.1 Å². The first-order valence-corrected chi connectivity index (χ1v) is 5.24. The molecule has 0 fully saturated rings. The minimum atomic E-state index is -0.0406. The van der Waals surface area contributed by atoms with Crippen molar-refractivity contribution in [2.75, 3.05) is 0 Å². The highest BCUT2D eigenvalue weighted by Crippen LogP contribution is 2.23. The van der Waals surface area contributed by atoms with Crippen LogP contribution in [0.5, 0.6) is 0 Å². The van der Waals surface area contributed by atoms with Crippen LogP contribution >= 0.6 is 0 Å². The van der Waals surface area contributed by atoms with Gasteiger partial charge < -0.3 is 9.32 Å².